The van der Waals surface area contributed by atoms with E-state index >= 15 is 0 Å². The molecule has 6 aromatic rings. The van der Waals surface area contributed by atoms with Crippen LogP contribution in [0.2, 0.25) is 10.0 Å². The first kappa shape index (κ1) is 48.5. The predicted octanol–water partition coefficient (Wildman–Crippen LogP) is 9.35. The minimum absolute atomic E-state index is 0.0638. The SMILES string of the molecule is CC.CC(C)N1C[C@H](C2c3cccc(Cl)c3CCc3c(Cl)cccc32)n2ncc(=O)c(O)c2C1=O.O=C1c2c(O)c(=O)cnn2[C@@H](C(c2ccccc2)c2ccccc2)CN1CCC(F)(F)F. The van der Waals surface area contributed by atoms with Gasteiger partial charge in [0.1, 0.15) is 0 Å². The van der Waals surface area contributed by atoms with Crippen LogP contribution in [0, 0.1) is 0 Å². The highest BCUT2D eigenvalue weighted by Crippen LogP contribution is 2.47. The van der Waals surface area contributed by atoms with E-state index in [1.165, 1.54) is 9.36 Å². The zero-order valence-electron chi connectivity index (χ0n) is 37.1. The molecular weight excluding hydrogens is 908 g/mol. The highest BCUT2D eigenvalue weighted by molar-refractivity contribution is 6.32. The number of fused-ring (bicyclic) bond motifs is 4. The molecule has 12 nitrogen and oxygen atoms in total. The van der Waals surface area contributed by atoms with E-state index in [1.807, 2.05) is 113 Å². The van der Waals surface area contributed by atoms with Crippen LogP contribution < -0.4 is 10.9 Å². The van der Waals surface area contributed by atoms with Crippen LogP contribution in [0.15, 0.2) is 119 Å². The number of carbonyl (C=O) groups is 2. The normalized spacial score (nSPS) is 16.8. The number of carbonyl (C=O) groups excluding carboxylic acids is 2. The molecule has 4 heterocycles. The first-order valence-electron chi connectivity index (χ1n) is 22.0. The molecule has 0 bridgehead atoms. The monoisotopic (exact) mass is 956 g/mol. The van der Waals surface area contributed by atoms with Crippen LogP contribution in [0.4, 0.5) is 13.2 Å². The number of alkyl halides is 3. The fraction of sp³-hybridized carbons (Fsp3) is 0.320. The molecular formula is C50H49Cl2F3N6O6. The number of aromatic hydroxyl groups is 2. The number of hydrogen-bond acceptors (Lipinski definition) is 8. The van der Waals surface area contributed by atoms with Gasteiger partial charge in [0.15, 0.2) is 22.9 Å². The van der Waals surface area contributed by atoms with Crippen LogP contribution in [0.25, 0.3) is 0 Å². The maximum absolute atomic E-state index is 13.3. The van der Waals surface area contributed by atoms with Gasteiger partial charge >= 0.3 is 6.18 Å². The number of nitrogens with zero attached hydrogens (tertiary/aromatic N) is 6. The Hall–Kier alpha value is -6.45. The molecule has 350 valence electrons. The molecule has 9 rings (SSSR count). The van der Waals surface area contributed by atoms with Crippen LogP contribution >= 0.6 is 23.2 Å². The number of rotatable bonds is 7. The highest BCUT2D eigenvalue weighted by Gasteiger charge is 2.44. The van der Waals surface area contributed by atoms with E-state index in [-0.39, 0.29) is 30.2 Å². The Balaban J connectivity index is 0.000000192. The molecule has 2 amide bonds. The van der Waals surface area contributed by atoms with Gasteiger partial charge < -0.3 is 20.0 Å². The Kier molecular flexibility index (Phi) is 14.6. The number of amides is 2. The molecule has 0 radical (unpaired) electrons. The summed E-state index contributed by atoms with van der Waals surface area (Å²) in [5.41, 5.74) is 3.86. The summed E-state index contributed by atoms with van der Waals surface area (Å²) in [5, 5.41) is 30.8. The van der Waals surface area contributed by atoms with E-state index in [0.717, 1.165) is 63.5 Å². The molecule has 0 spiro atoms. The molecule has 1 aliphatic carbocycles. The smallest absolute Gasteiger partial charge is 0.390 e. The van der Waals surface area contributed by atoms with E-state index in [0.29, 0.717) is 16.6 Å². The third kappa shape index (κ3) is 9.71. The molecule has 2 atom stereocenters. The second-order valence-corrected chi connectivity index (χ2v) is 17.3. The van der Waals surface area contributed by atoms with Crippen molar-refractivity contribution in [3.8, 4) is 11.5 Å². The molecule has 0 fully saturated rings. The zero-order chi connectivity index (χ0) is 48.3. The van der Waals surface area contributed by atoms with Gasteiger partial charge in [-0.25, -0.2) is 0 Å². The summed E-state index contributed by atoms with van der Waals surface area (Å²) in [7, 11) is 0. The Morgan fingerprint density at radius 2 is 1.15 bits per heavy atom. The average molecular weight is 958 g/mol. The summed E-state index contributed by atoms with van der Waals surface area (Å²) in [6.07, 6.45) is -2.20. The van der Waals surface area contributed by atoms with Crippen molar-refractivity contribution in [1.29, 1.82) is 0 Å². The summed E-state index contributed by atoms with van der Waals surface area (Å²) in [6.45, 7) is 7.54. The molecule has 4 aromatic carbocycles. The van der Waals surface area contributed by atoms with Crippen molar-refractivity contribution in [2.24, 2.45) is 0 Å². The summed E-state index contributed by atoms with van der Waals surface area (Å²) < 4.78 is 41.5. The van der Waals surface area contributed by atoms with Gasteiger partial charge in [0, 0.05) is 47.6 Å². The maximum atomic E-state index is 13.3. The second-order valence-electron chi connectivity index (χ2n) is 16.5. The van der Waals surface area contributed by atoms with Gasteiger partial charge in [-0.1, -0.05) is 122 Å². The lowest BCUT2D eigenvalue weighted by atomic mass is 9.81. The van der Waals surface area contributed by atoms with E-state index in [1.54, 1.807) is 4.90 Å². The van der Waals surface area contributed by atoms with Crippen LogP contribution in [-0.4, -0.2) is 83.2 Å². The van der Waals surface area contributed by atoms with E-state index in [9.17, 15) is 42.6 Å². The molecule has 2 aliphatic heterocycles. The Labute approximate surface area is 394 Å². The number of halogens is 5. The minimum Gasteiger partial charge on any atom is -0.502 e. The highest BCUT2D eigenvalue weighted by atomic mass is 35.5. The van der Waals surface area contributed by atoms with Crippen LogP contribution in [0.3, 0.4) is 0 Å². The summed E-state index contributed by atoms with van der Waals surface area (Å²) in [5.74, 6) is -3.28. The van der Waals surface area contributed by atoms with E-state index in [2.05, 4.69) is 22.3 Å². The zero-order valence-corrected chi connectivity index (χ0v) is 38.6. The van der Waals surface area contributed by atoms with Gasteiger partial charge in [0.25, 0.3) is 11.8 Å². The second kappa shape index (κ2) is 20.2. The van der Waals surface area contributed by atoms with Crippen molar-refractivity contribution in [2.75, 3.05) is 19.6 Å². The molecule has 67 heavy (non-hydrogen) atoms. The maximum Gasteiger partial charge on any atom is 0.390 e. The number of aromatic nitrogens is 4. The van der Waals surface area contributed by atoms with Gasteiger partial charge in [-0.2, -0.15) is 23.4 Å². The molecule has 0 saturated heterocycles. The summed E-state index contributed by atoms with van der Waals surface area (Å²) in [6, 6.07) is 29.2. The van der Waals surface area contributed by atoms with Gasteiger partial charge in [-0.05, 0) is 72.2 Å². The van der Waals surface area contributed by atoms with E-state index in [4.69, 9.17) is 23.2 Å². The van der Waals surface area contributed by atoms with Crippen LogP contribution in [0.5, 0.6) is 11.5 Å². The lowest BCUT2D eigenvalue weighted by Gasteiger charge is -2.41. The Bertz CT molecular complexity index is 2800. The topological polar surface area (TPSA) is 151 Å². The van der Waals surface area contributed by atoms with Crippen LogP contribution in [0.1, 0.15) is 112 Å². The lowest BCUT2D eigenvalue weighted by Crippen LogP contribution is -2.49. The number of benzene rings is 4. The predicted molar refractivity (Wildman–Crippen MR) is 249 cm³/mol. The lowest BCUT2D eigenvalue weighted by molar-refractivity contribution is -0.137. The van der Waals surface area contributed by atoms with Gasteiger partial charge in [0.05, 0.1) is 30.9 Å². The van der Waals surface area contributed by atoms with Gasteiger partial charge in [-0.3, -0.25) is 28.5 Å². The molecule has 17 heteroatoms. The van der Waals surface area contributed by atoms with Crippen molar-refractivity contribution in [1.82, 2.24) is 29.4 Å². The first-order valence-corrected chi connectivity index (χ1v) is 22.7. The van der Waals surface area contributed by atoms with Gasteiger partial charge in [-0.15, -0.1) is 0 Å². The average Bonchev–Trinajstić information content (AvgIpc) is 3.48. The van der Waals surface area contributed by atoms with Crippen LogP contribution in [-0.2, 0) is 12.8 Å². The number of hydrogen-bond donors (Lipinski definition) is 2. The summed E-state index contributed by atoms with van der Waals surface area (Å²) in [4.78, 5) is 53.1. The fourth-order valence-corrected chi connectivity index (χ4v) is 9.85. The van der Waals surface area contributed by atoms with Crippen molar-refractivity contribution < 1.29 is 33.0 Å². The Morgan fingerprint density at radius 1 is 0.672 bits per heavy atom. The van der Waals surface area contributed by atoms with Crippen molar-refractivity contribution >= 4 is 35.0 Å². The minimum atomic E-state index is -4.46. The molecule has 3 aliphatic rings. The third-order valence-electron chi connectivity index (χ3n) is 12.3. The van der Waals surface area contributed by atoms with Crippen molar-refractivity contribution in [3.63, 3.8) is 0 Å². The fourth-order valence-electron chi connectivity index (χ4n) is 9.30. The Morgan fingerprint density at radius 3 is 1.63 bits per heavy atom. The molecule has 2 N–H and O–H groups in total. The van der Waals surface area contributed by atoms with E-state index < -0.39 is 71.0 Å². The van der Waals surface area contributed by atoms with Crippen molar-refractivity contribution in [3.05, 3.63) is 185 Å². The molecule has 2 aromatic heterocycles. The quantitative estimate of drug-likeness (QED) is 0.161. The standard InChI is InChI=1S/C25H23Cl2N3O3.C23H20F3N3O3.C2H6/c1-13(2)29-12-20(30-23(25(29)33)24(32)21(31)11-28-30)22-16-5-3-7-18(26)14(16)9-10-15-17(22)6-4-8-19(15)27;24-23(25,26)11-12-28-14-17(29-20(22(28)32)21(31)18(30)13-27-29)19(15-7-3-1-4-8-15)16-9-5-2-6-10-16;1-2/h3-8,11,13,20,22,32H,9-10,12H2,1-2H3;1-10,13,17,19,31H,11-12,14H2;1-2H3/t20-;17-;/m11./s1. The molecule has 0 unspecified atom stereocenters. The third-order valence-corrected chi connectivity index (χ3v) is 13.0. The molecule has 0 saturated carbocycles. The largest absolute Gasteiger partial charge is 0.502 e. The first-order chi connectivity index (χ1) is 32.1. The van der Waals surface area contributed by atoms with Gasteiger partial charge in [0.2, 0.25) is 10.9 Å². The summed E-state index contributed by atoms with van der Waals surface area (Å²) >= 11 is 13.3. The van der Waals surface area contributed by atoms with Crippen molar-refractivity contribution in [2.45, 2.75) is 83.1 Å².